The molecular weight excluding hydrogens is 394 g/mol. The highest BCUT2D eigenvalue weighted by Crippen LogP contribution is 2.36. The van der Waals surface area contributed by atoms with E-state index in [1.165, 1.54) is 12.5 Å². The van der Waals surface area contributed by atoms with Crippen molar-refractivity contribution >= 4 is 16.9 Å². The minimum Gasteiger partial charge on any atom is -0.496 e. The lowest BCUT2D eigenvalue weighted by Gasteiger charge is -2.40. The minimum atomic E-state index is -0.986. The number of H-pyrrole nitrogens is 1. The van der Waals surface area contributed by atoms with Crippen LogP contribution in [0.5, 0.6) is 11.5 Å². The fraction of sp³-hybridized carbons (Fsp3) is 0.375. The van der Waals surface area contributed by atoms with Gasteiger partial charge in [-0.15, -0.1) is 0 Å². The first-order valence-electron chi connectivity index (χ1n) is 10.4. The molecule has 2 N–H and O–H groups in total. The molecule has 2 heterocycles. The lowest BCUT2D eigenvalue weighted by atomic mass is 9.98. The average Bonchev–Trinajstić information content (AvgIpc) is 3.26. The number of carbonyl (C=O) groups is 1. The van der Waals surface area contributed by atoms with Crippen LogP contribution in [-0.4, -0.2) is 66.8 Å². The number of carboxylic acids is 1. The van der Waals surface area contributed by atoms with Gasteiger partial charge in [-0.25, -0.2) is 4.79 Å². The number of aryl methyl sites for hydroxylation is 1. The van der Waals surface area contributed by atoms with Crippen LogP contribution < -0.4 is 9.47 Å². The number of benzene rings is 2. The summed E-state index contributed by atoms with van der Waals surface area (Å²) in [6, 6.07) is 9.70. The van der Waals surface area contributed by atoms with Crippen LogP contribution in [0.1, 0.15) is 33.1 Å². The Kier molecular flexibility index (Phi) is 5.89. The van der Waals surface area contributed by atoms with Crippen molar-refractivity contribution in [2.24, 2.45) is 0 Å². The van der Waals surface area contributed by atoms with Gasteiger partial charge in [0.2, 0.25) is 0 Å². The van der Waals surface area contributed by atoms with Gasteiger partial charge in [-0.05, 0) is 49.4 Å². The largest absolute Gasteiger partial charge is 0.496 e. The summed E-state index contributed by atoms with van der Waals surface area (Å²) in [6.07, 6.45) is 1.97. The molecule has 164 valence electrons. The molecule has 0 aliphatic carbocycles. The maximum Gasteiger partial charge on any atom is 0.339 e. The predicted octanol–water partition coefficient (Wildman–Crippen LogP) is 3.68. The normalized spacial score (nSPS) is 17.7. The third-order valence-electron chi connectivity index (χ3n) is 6.23. The lowest BCUT2D eigenvalue weighted by Crippen LogP contribution is -2.46. The third kappa shape index (κ3) is 3.98. The fourth-order valence-electron chi connectivity index (χ4n) is 4.54. The van der Waals surface area contributed by atoms with Crippen molar-refractivity contribution < 1.29 is 19.4 Å². The molecule has 0 saturated carbocycles. The van der Waals surface area contributed by atoms with Crippen molar-refractivity contribution in [3.63, 3.8) is 0 Å². The van der Waals surface area contributed by atoms with Gasteiger partial charge in [0.25, 0.3) is 0 Å². The Morgan fingerprint density at radius 1 is 1.16 bits per heavy atom. The Balaban J connectivity index is 1.73. The van der Waals surface area contributed by atoms with Gasteiger partial charge in [-0.3, -0.25) is 4.90 Å². The van der Waals surface area contributed by atoms with Gasteiger partial charge in [0.05, 0.1) is 14.2 Å². The number of hydrogen-bond donors (Lipinski definition) is 2. The number of piperazine rings is 1. The van der Waals surface area contributed by atoms with Gasteiger partial charge in [0.15, 0.2) is 0 Å². The highest BCUT2D eigenvalue weighted by atomic mass is 16.5. The Labute approximate surface area is 182 Å². The van der Waals surface area contributed by atoms with Crippen molar-refractivity contribution in [1.29, 1.82) is 0 Å². The van der Waals surface area contributed by atoms with E-state index in [-0.39, 0.29) is 11.6 Å². The second-order valence-corrected chi connectivity index (χ2v) is 8.15. The lowest BCUT2D eigenvalue weighted by molar-refractivity contribution is 0.0692. The van der Waals surface area contributed by atoms with Crippen LogP contribution >= 0.6 is 0 Å². The molecule has 1 unspecified atom stereocenters. The number of rotatable bonds is 6. The van der Waals surface area contributed by atoms with E-state index in [4.69, 9.17) is 9.47 Å². The molecule has 4 rings (SSSR count). The molecule has 3 aromatic rings. The van der Waals surface area contributed by atoms with Crippen molar-refractivity contribution in [3.8, 4) is 11.5 Å². The number of nitrogens with zero attached hydrogens (tertiary/aromatic N) is 2. The Morgan fingerprint density at radius 2 is 1.94 bits per heavy atom. The second kappa shape index (κ2) is 8.61. The highest BCUT2D eigenvalue weighted by Gasteiger charge is 2.29. The number of likely N-dealkylation sites (N-methyl/N-ethyl adjacent to an activating group) is 1. The van der Waals surface area contributed by atoms with Gasteiger partial charge in [-0.2, -0.15) is 0 Å². The molecule has 0 bridgehead atoms. The summed E-state index contributed by atoms with van der Waals surface area (Å²) in [6.45, 7) is 5.53. The number of fused-ring (bicyclic) bond motifs is 1. The van der Waals surface area contributed by atoms with E-state index >= 15 is 0 Å². The highest BCUT2D eigenvalue weighted by molar-refractivity contribution is 5.91. The predicted molar refractivity (Wildman–Crippen MR) is 120 cm³/mol. The molecule has 1 atom stereocenters. The molecule has 7 heteroatoms. The zero-order chi connectivity index (χ0) is 22.1. The monoisotopic (exact) mass is 423 g/mol. The first-order valence-corrected chi connectivity index (χ1v) is 10.4. The summed E-state index contributed by atoms with van der Waals surface area (Å²) in [4.78, 5) is 19.6. The summed E-state index contributed by atoms with van der Waals surface area (Å²) < 4.78 is 11.1. The number of nitrogens with one attached hydrogen (secondary N) is 1. The third-order valence-corrected chi connectivity index (χ3v) is 6.23. The van der Waals surface area contributed by atoms with Gasteiger partial charge < -0.3 is 24.5 Å². The number of aromatic carboxylic acids is 1. The molecule has 1 saturated heterocycles. The van der Waals surface area contributed by atoms with Crippen molar-refractivity contribution in [3.05, 3.63) is 58.8 Å². The Bertz CT molecular complexity index is 1110. The second-order valence-electron chi connectivity index (χ2n) is 8.15. The number of aromatic amines is 1. The van der Waals surface area contributed by atoms with Gasteiger partial charge in [0, 0.05) is 54.9 Å². The molecule has 7 nitrogen and oxygen atoms in total. The molecule has 0 spiro atoms. The van der Waals surface area contributed by atoms with Crippen LogP contribution in [0, 0.1) is 6.92 Å². The summed E-state index contributed by atoms with van der Waals surface area (Å²) in [5, 5.41) is 10.6. The summed E-state index contributed by atoms with van der Waals surface area (Å²) in [5.41, 5.74) is 4.67. The SMILES string of the molecule is COc1cc(C2CN(C)CCN2Cc2c(OC)cc(C)c3[nH]ccc23)ccc1C(=O)O. The van der Waals surface area contributed by atoms with E-state index in [9.17, 15) is 9.90 Å². The molecule has 31 heavy (non-hydrogen) atoms. The first kappa shape index (κ1) is 21.2. The van der Waals surface area contributed by atoms with Crippen LogP contribution in [-0.2, 0) is 6.54 Å². The Hall–Kier alpha value is -3.03. The first-order chi connectivity index (χ1) is 14.9. The van der Waals surface area contributed by atoms with Crippen LogP contribution in [0.4, 0.5) is 0 Å². The minimum absolute atomic E-state index is 0.107. The number of carboxylic acid groups (broad SMARTS) is 1. The molecular formula is C24H29N3O4. The van der Waals surface area contributed by atoms with Crippen LogP contribution in [0.3, 0.4) is 0 Å². The summed E-state index contributed by atoms with van der Waals surface area (Å²) >= 11 is 0. The zero-order valence-corrected chi connectivity index (χ0v) is 18.4. The van der Waals surface area contributed by atoms with Crippen LogP contribution in [0.15, 0.2) is 36.5 Å². The maximum absolute atomic E-state index is 11.5. The van der Waals surface area contributed by atoms with Gasteiger partial charge >= 0.3 is 5.97 Å². The fourth-order valence-corrected chi connectivity index (χ4v) is 4.54. The number of ether oxygens (including phenoxy) is 2. The molecule has 0 amide bonds. The molecule has 2 aromatic carbocycles. The smallest absolute Gasteiger partial charge is 0.339 e. The van der Waals surface area contributed by atoms with E-state index in [0.717, 1.165) is 54.1 Å². The molecule has 1 aliphatic rings. The quantitative estimate of drug-likeness (QED) is 0.630. The van der Waals surface area contributed by atoms with E-state index in [1.54, 1.807) is 13.2 Å². The van der Waals surface area contributed by atoms with E-state index in [0.29, 0.717) is 5.75 Å². The standard InChI is InChI=1S/C24H29N3O4/c1-15-11-21(30-3)19(17-7-8-25-23(15)17)13-27-10-9-26(2)14-20(27)16-5-6-18(24(28)29)22(12-16)31-4/h5-8,11-12,20,25H,9-10,13-14H2,1-4H3,(H,28,29). The van der Waals surface area contributed by atoms with Crippen molar-refractivity contribution in [1.82, 2.24) is 14.8 Å². The number of hydrogen-bond acceptors (Lipinski definition) is 5. The number of aromatic nitrogens is 1. The van der Waals surface area contributed by atoms with E-state index in [1.807, 2.05) is 18.3 Å². The molecule has 1 aliphatic heterocycles. The van der Waals surface area contributed by atoms with Crippen molar-refractivity contribution in [2.75, 3.05) is 40.9 Å². The van der Waals surface area contributed by atoms with Gasteiger partial charge in [-0.1, -0.05) is 6.07 Å². The molecule has 0 radical (unpaired) electrons. The van der Waals surface area contributed by atoms with E-state index < -0.39 is 5.97 Å². The summed E-state index contributed by atoms with van der Waals surface area (Å²) in [5.74, 6) is 0.292. The molecule has 1 aromatic heterocycles. The maximum atomic E-state index is 11.5. The zero-order valence-electron chi connectivity index (χ0n) is 18.4. The Morgan fingerprint density at radius 3 is 2.65 bits per heavy atom. The number of methoxy groups -OCH3 is 2. The van der Waals surface area contributed by atoms with E-state index in [2.05, 4.69) is 40.9 Å². The van der Waals surface area contributed by atoms with Crippen LogP contribution in [0.25, 0.3) is 10.9 Å². The summed E-state index contributed by atoms with van der Waals surface area (Å²) in [7, 11) is 5.34. The van der Waals surface area contributed by atoms with Gasteiger partial charge in [0.1, 0.15) is 17.1 Å². The van der Waals surface area contributed by atoms with Crippen LogP contribution in [0.2, 0.25) is 0 Å². The average molecular weight is 424 g/mol. The molecule has 1 fully saturated rings. The van der Waals surface area contributed by atoms with Crippen molar-refractivity contribution in [2.45, 2.75) is 19.5 Å². The topological polar surface area (TPSA) is 78.0 Å².